The van der Waals surface area contributed by atoms with E-state index in [1.54, 1.807) is 11.5 Å². The molecule has 0 aliphatic rings. The van der Waals surface area contributed by atoms with Crippen molar-refractivity contribution in [1.29, 1.82) is 0 Å². The zero-order valence-corrected chi connectivity index (χ0v) is 18.0. The van der Waals surface area contributed by atoms with Crippen molar-refractivity contribution < 1.29 is 27.5 Å². The van der Waals surface area contributed by atoms with Crippen molar-refractivity contribution in [1.82, 2.24) is 9.55 Å². The van der Waals surface area contributed by atoms with Crippen LogP contribution in [0, 0.1) is 13.8 Å². The molecule has 2 aromatic heterocycles. The number of rotatable bonds is 6. The average molecular weight is 460 g/mol. The number of aliphatic carboxylic acids is 1. The predicted molar refractivity (Wildman–Crippen MR) is 116 cm³/mol. The predicted octanol–water partition coefficient (Wildman–Crippen LogP) is 6.31. The minimum absolute atomic E-state index is 0.0915. The molecule has 0 aliphatic carbocycles. The maximum atomic E-state index is 12.8. The fourth-order valence-electron chi connectivity index (χ4n) is 3.46. The van der Waals surface area contributed by atoms with Crippen molar-refractivity contribution in [2.75, 3.05) is 0 Å². The standard InChI is InChI=1S/C23H19F3N2O3S/c1-13-9-16-10-18(7-8-19(16)28(13)11-21(29)30)32-12-20-14(2)27-22(31-20)15-3-5-17(6-4-15)23(24,25)26/h3-10H,11-12H2,1-2H3,(H,29,30). The molecule has 2 heterocycles. The lowest BCUT2D eigenvalue weighted by Gasteiger charge is -2.06. The van der Waals surface area contributed by atoms with Gasteiger partial charge in [-0.05, 0) is 62.4 Å². The van der Waals surface area contributed by atoms with E-state index in [4.69, 9.17) is 9.52 Å². The maximum absolute atomic E-state index is 12.8. The summed E-state index contributed by atoms with van der Waals surface area (Å²) in [6, 6.07) is 12.5. The van der Waals surface area contributed by atoms with E-state index in [-0.39, 0.29) is 12.4 Å². The third-order valence-corrected chi connectivity index (χ3v) is 6.09. The van der Waals surface area contributed by atoms with Gasteiger partial charge >= 0.3 is 12.1 Å². The van der Waals surface area contributed by atoms with Crippen LogP contribution in [-0.2, 0) is 23.3 Å². The lowest BCUT2D eigenvalue weighted by Crippen LogP contribution is -2.09. The van der Waals surface area contributed by atoms with Crippen LogP contribution in [0.25, 0.3) is 22.4 Å². The molecule has 2 aromatic carbocycles. The minimum atomic E-state index is -4.39. The Morgan fingerprint density at radius 1 is 1.12 bits per heavy atom. The van der Waals surface area contributed by atoms with Gasteiger partial charge < -0.3 is 14.1 Å². The summed E-state index contributed by atoms with van der Waals surface area (Å²) in [7, 11) is 0. The van der Waals surface area contributed by atoms with Crippen LogP contribution in [0.5, 0.6) is 0 Å². The number of oxazole rings is 1. The normalized spacial score (nSPS) is 11.9. The van der Waals surface area contributed by atoms with Gasteiger partial charge in [-0.1, -0.05) is 0 Å². The molecule has 0 bridgehead atoms. The largest absolute Gasteiger partial charge is 0.480 e. The van der Waals surface area contributed by atoms with Crippen LogP contribution >= 0.6 is 11.8 Å². The number of aromatic nitrogens is 2. The number of hydrogen-bond donors (Lipinski definition) is 1. The Hall–Kier alpha value is -3.20. The molecule has 0 radical (unpaired) electrons. The van der Waals surface area contributed by atoms with E-state index in [2.05, 4.69) is 4.98 Å². The number of carboxylic acid groups (broad SMARTS) is 1. The second kappa shape index (κ2) is 8.38. The molecule has 0 saturated carbocycles. The minimum Gasteiger partial charge on any atom is -0.480 e. The zero-order valence-electron chi connectivity index (χ0n) is 17.2. The second-order valence-corrected chi connectivity index (χ2v) is 8.43. The summed E-state index contributed by atoms with van der Waals surface area (Å²) < 4.78 is 45.9. The number of aryl methyl sites for hydroxylation is 2. The highest BCUT2D eigenvalue weighted by Gasteiger charge is 2.30. The molecule has 4 aromatic rings. The van der Waals surface area contributed by atoms with Gasteiger partial charge in [-0.2, -0.15) is 13.2 Å². The van der Waals surface area contributed by atoms with E-state index < -0.39 is 17.7 Å². The van der Waals surface area contributed by atoms with Gasteiger partial charge in [-0.25, -0.2) is 4.98 Å². The van der Waals surface area contributed by atoms with Crippen LogP contribution in [0.2, 0.25) is 0 Å². The Morgan fingerprint density at radius 2 is 1.84 bits per heavy atom. The molecule has 0 amide bonds. The first-order chi connectivity index (χ1) is 15.1. The molecule has 0 saturated heterocycles. The Labute approximate surface area is 185 Å². The van der Waals surface area contributed by atoms with Crippen molar-refractivity contribution in [3.05, 3.63) is 71.2 Å². The Balaban J connectivity index is 1.50. The monoisotopic (exact) mass is 460 g/mol. The quantitative estimate of drug-likeness (QED) is 0.342. The summed E-state index contributed by atoms with van der Waals surface area (Å²) in [6.07, 6.45) is -4.39. The lowest BCUT2D eigenvalue weighted by atomic mass is 10.1. The molecule has 5 nitrogen and oxygen atoms in total. The van der Waals surface area contributed by atoms with E-state index >= 15 is 0 Å². The van der Waals surface area contributed by atoms with E-state index in [1.165, 1.54) is 23.9 Å². The molecule has 4 rings (SSSR count). The van der Waals surface area contributed by atoms with Crippen LogP contribution in [0.15, 0.2) is 57.8 Å². The third-order valence-electron chi connectivity index (χ3n) is 5.10. The highest BCUT2D eigenvalue weighted by molar-refractivity contribution is 7.98. The first kappa shape index (κ1) is 22.0. The summed E-state index contributed by atoms with van der Waals surface area (Å²) in [5.74, 6) is 0.529. The van der Waals surface area contributed by atoms with Gasteiger partial charge in [0.25, 0.3) is 0 Å². The molecule has 0 spiro atoms. The van der Waals surface area contributed by atoms with Crippen molar-refractivity contribution in [3.8, 4) is 11.5 Å². The van der Waals surface area contributed by atoms with Crippen molar-refractivity contribution in [3.63, 3.8) is 0 Å². The van der Waals surface area contributed by atoms with Crippen molar-refractivity contribution in [2.45, 2.75) is 37.2 Å². The Bertz CT molecular complexity index is 1290. The fraction of sp³-hybridized carbons (Fsp3) is 0.217. The molecule has 0 unspecified atom stereocenters. The van der Waals surface area contributed by atoms with Gasteiger partial charge in [0.05, 0.1) is 17.0 Å². The van der Waals surface area contributed by atoms with Gasteiger partial charge in [-0.15, -0.1) is 11.8 Å². The SMILES string of the molecule is Cc1nc(-c2ccc(C(F)(F)F)cc2)oc1CSc1ccc2c(c1)cc(C)n2CC(=O)O. The average Bonchev–Trinajstić information content (AvgIpc) is 3.24. The number of thioether (sulfide) groups is 1. The summed E-state index contributed by atoms with van der Waals surface area (Å²) in [6.45, 7) is 3.58. The molecule has 166 valence electrons. The lowest BCUT2D eigenvalue weighted by molar-refractivity contribution is -0.138. The molecular weight excluding hydrogens is 441 g/mol. The van der Waals surface area contributed by atoms with Crippen LogP contribution in [-0.4, -0.2) is 20.6 Å². The molecule has 9 heteroatoms. The Kier molecular flexibility index (Phi) is 5.77. The van der Waals surface area contributed by atoms with E-state index in [1.807, 2.05) is 31.2 Å². The summed E-state index contributed by atoms with van der Waals surface area (Å²) >= 11 is 1.54. The smallest absolute Gasteiger partial charge is 0.416 e. The number of benzene rings is 2. The van der Waals surface area contributed by atoms with Gasteiger partial charge in [0.1, 0.15) is 12.3 Å². The zero-order chi connectivity index (χ0) is 23.0. The first-order valence-corrected chi connectivity index (χ1v) is 10.7. The third kappa shape index (κ3) is 4.52. The highest BCUT2D eigenvalue weighted by atomic mass is 32.2. The molecule has 0 atom stereocenters. The van der Waals surface area contributed by atoms with Gasteiger partial charge in [0.2, 0.25) is 5.89 Å². The van der Waals surface area contributed by atoms with Crippen molar-refractivity contribution in [2.24, 2.45) is 0 Å². The van der Waals surface area contributed by atoms with Crippen LogP contribution in [0.1, 0.15) is 22.7 Å². The van der Waals surface area contributed by atoms with Crippen molar-refractivity contribution >= 4 is 28.6 Å². The number of carbonyl (C=O) groups is 1. The van der Waals surface area contributed by atoms with E-state index in [9.17, 15) is 18.0 Å². The Morgan fingerprint density at radius 3 is 2.50 bits per heavy atom. The maximum Gasteiger partial charge on any atom is 0.416 e. The fourth-order valence-corrected chi connectivity index (χ4v) is 4.40. The first-order valence-electron chi connectivity index (χ1n) is 9.70. The molecule has 32 heavy (non-hydrogen) atoms. The van der Waals surface area contributed by atoms with E-state index in [0.717, 1.165) is 33.6 Å². The van der Waals surface area contributed by atoms with Crippen LogP contribution < -0.4 is 0 Å². The number of nitrogens with zero attached hydrogens (tertiary/aromatic N) is 2. The molecule has 0 fully saturated rings. The summed E-state index contributed by atoms with van der Waals surface area (Å²) in [5.41, 5.74) is 2.17. The number of hydrogen-bond acceptors (Lipinski definition) is 4. The molecular formula is C23H19F3N2O3S. The molecule has 0 aliphatic heterocycles. The van der Waals surface area contributed by atoms with Crippen LogP contribution in [0.3, 0.4) is 0 Å². The topological polar surface area (TPSA) is 68.3 Å². The number of halogens is 3. The van der Waals surface area contributed by atoms with Gasteiger partial charge in [0, 0.05) is 27.1 Å². The van der Waals surface area contributed by atoms with Crippen LogP contribution in [0.4, 0.5) is 13.2 Å². The van der Waals surface area contributed by atoms with Gasteiger partial charge in [0.15, 0.2) is 0 Å². The number of carboxylic acids is 1. The summed E-state index contributed by atoms with van der Waals surface area (Å²) in [5, 5.41) is 10.1. The number of fused-ring (bicyclic) bond motifs is 1. The number of alkyl halides is 3. The van der Waals surface area contributed by atoms with E-state index in [0.29, 0.717) is 22.8 Å². The van der Waals surface area contributed by atoms with Gasteiger partial charge in [-0.3, -0.25) is 4.79 Å². The highest BCUT2D eigenvalue weighted by Crippen LogP contribution is 2.33. The second-order valence-electron chi connectivity index (χ2n) is 7.38. The molecule has 1 N–H and O–H groups in total. The summed E-state index contributed by atoms with van der Waals surface area (Å²) in [4.78, 5) is 16.4.